The van der Waals surface area contributed by atoms with E-state index >= 15 is 0 Å². The van der Waals surface area contributed by atoms with Crippen LogP contribution in [0.3, 0.4) is 0 Å². The first kappa shape index (κ1) is 10.4. The number of carbonyl (C=O) groups is 1. The molecule has 1 fully saturated rings. The number of hydrogen-bond acceptors (Lipinski definition) is 3. The maximum Gasteiger partial charge on any atom is 0.606 e. The van der Waals surface area contributed by atoms with Gasteiger partial charge in [0.2, 0.25) is 0 Å². The molecule has 1 aliphatic rings. The van der Waals surface area contributed by atoms with Crippen LogP contribution >= 0.6 is 0 Å². The molecular formula is C8H13FO3Si. The molecule has 0 aromatic rings. The number of carbonyl (C=O) groups excluding carboxylic acids is 1. The van der Waals surface area contributed by atoms with Crippen LogP contribution in [0.2, 0.25) is 6.04 Å². The monoisotopic (exact) mass is 204 g/mol. The zero-order chi connectivity index (χ0) is 9.90. The van der Waals surface area contributed by atoms with Crippen LogP contribution in [0.1, 0.15) is 19.8 Å². The maximum absolute atomic E-state index is 13.6. The van der Waals surface area contributed by atoms with E-state index in [1.54, 1.807) is 0 Å². The van der Waals surface area contributed by atoms with Crippen molar-refractivity contribution < 1.29 is 17.8 Å². The lowest BCUT2D eigenvalue weighted by atomic mass is 10.4. The van der Waals surface area contributed by atoms with Gasteiger partial charge >= 0.3 is 14.9 Å². The van der Waals surface area contributed by atoms with Crippen molar-refractivity contribution in [2.75, 3.05) is 6.61 Å². The Balaban J connectivity index is 2.50. The van der Waals surface area contributed by atoms with Crippen molar-refractivity contribution in [2.24, 2.45) is 0 Å². The lowest BCUT2D eigenvalue weighted by Gasteiger charge is -2.25. The second kappa shape index (κ2) is 4.02. The molecular weight excluding hydrogens is 191 g/mol. The third-order valence-electron chi connectivity index (χ3n) is 1.78. The number of halogens is 1. The van der Waals surface area contributed by atoms with Gasteiger partial charge in [0.25, 0.3) is 0 Å². The Hall–Kier alpha value is -0.683. The Morgan fingerprint density at radius 3 is 2.77 bits per heavy atom. The van der Waals surface area contributed by atoms with E-state index < -0.39 is 14.9 Å². The van der Waals surface area contributed by atoms with E-state index in [1.165, 1.54) is 6.92 Å². The van der Waals surface area contributed by atoms with Crippen molar-refractivity contribution >= 4 is 14.9 Å². The minimum absolute atomic E-state index is 0.207. The summed E-state index contributed by atoms with van der Waals surface area (Å²) in [7, 11) is -3.67. The molecule has 1 atom stereocenters. The van der Waals surface area contributed by atoms with Crippen molar-refractivity contribution in [3.63, 3.8) is 0 Å². The van der Waals surface area contributed by atoms with Crippen molar-refractivity contribution in [1.82, 2.24) is 0 Å². The normalized spacial score (nSPS) is 28.2. The van der Waals surface area contributed by atoms with Gasteiger partial charge in [-0.1, -0.05) is 6.58 Å². The molecule has 0 aromatic heterocycles. The van der Waals surface area contributed by atoms with Gasteiger partial charge in [-0.2, -0.15) is 0 Å². The summed E-state index contributed by atoms with van der Waals surface area (Å²) in [4.78, 5) is 11.0. The van der Waals surface area contributed by atoms with Crippen molar-refractivity contribution in [2.45, 2.75) is 25.8 Å². The highest BCUT2D eigenvalue weighted by Gasteiger charge is 2.45. The summed E-state index contributed by atoms with van der Waals surface area (Å²) in [5.41, 5.74) is 0.207. The van der Waals surface area contributed by atoms with Crippen LogP contribution in [0.15, 0.2) is 12.2 Å². The fraction of sp³-hybridized carbons (Fsp3) is 0.625. The Bertz CT molecular complexity index is 223. The minimum Gasteiger partial charge on any atom is -0.467 e. The van der Waals surface area contributed by atoms with Crippen LogP contribution in [0.4, 0.5) is 4.11 Å². The van der Waals surface area contributed by atoms with Gasteiger partial charge in [0.05, 0.1) is 0 Å². The van der Waals surface area contributed by atoms with Crippen molar-refractivity contribution in [3.8, 4) is 0 Å². The highest BCUT2D eigenvalue weighted by molar-refractivity contribution is 6.62. The SMILES string of the molecule is C=C(C)C(=O)O[Si]1(F)CCCCO1. The molecule has 74 valence electrons. The molecule has 0 amide bonds. The fourth-order valence-electron chi connectivity index (χ4n) is 1.04. The number of rotatable bonds is 2. The second-order valence-corrected chi connectivity index (χ2v) is 5.45. The van der Waals surface area contributed by atoms with Crippen LogP contribution < -0.4 is 0 Å². The van der Waals surface area contributed by atoms with Gasteiger partial charge in [0, 0.05) is 18.2 Å². The fourth-order valence-corrected chi connectivity index (χ4v) is 2.92. The molecule has 1 unspecified atom stereocenters. The molecule has 0 radical (unpaired) electrons. The molecule has 1 rings (SSSR count). The van der Waals surface area contributed by atoms with Crippen LogP contribution in [0.5, 0.6) is 0 Å². The van der Waals surface area contributed by atoms with E-state index in [0.717, 1.165) is 12.8 Å². The van der Waals surface area contributed by atoms with Gasteiger partial charge in [0.15, 0.2) is 0 Å². The Morgan fingerprint density at radius 2 is 2.31 bits per heavy atom. The quantitative estimate of drug-likeness (QED) is 0.391. The zero-order valence-electron chi connectivity index (χ0n) is 7.64. The zero-order valence-corrected chi connectivity index (χ0v) is 8.64. The van der Waals surface area contributed by atoms with E-state index in [0.29, 0.717) is 6.61 Å². The van der Waals surface area contributed by atoms with E-state index in [1.807, 2.05) is 0 Å². The predicted octanol–water partition coefficient (Wildman–Crippen LogP) is 1.82. The largest absolute Gasteiger partial charge is 0.606 e. The molecule has 0 N–H and O–H groups in total. The first-order chi connectivity index (χ1) is 6.03. The van der Waals surface area contributed by atoms with E-state index in [2.05, 4.69) is 11.0 Å². The van der Waals surface area contributed by atoms with Gasteiger partial charge in [-0.3, -0.25) is 0 Å². The van der Waals surface area contributed by atoms with Gasteiger partial charge in [-0.05, 0) is 19.8 Å². The molecule has 0 aromatic carbocycles. The Labute approximate surface area is 78.0 Å². The first-order valence-electron chi connectivity index (χ1n) is 4.25. The van der Waals surface area contributed by atoms with Crippen molar-refractivity contribution in [3.05, 3.63) is 12.2 Å². The summed E-state index contributed by atoms with van der Waals surface area (Å²) in [5, 5.41) is 0. The smallest absolute Gasteiger partial charge is 0.467 e. The Kier molecular flexibility index (Phi) is 3.21. The molecule has 3 nitrogen and oxygen atoms in total. The lowest BCUT2D eigenvalue weighted by molar-refractivity contribution is -0.133. The molecule has 0 aliphatic carbocycles. The van der Waals surface area contributed by atoms with Crippen LogP contribution in [0, 0.1) is 0 Å². The van der Waals surface area contributed by atoms with Crippen LogP contribution in [-0.2, 0) is 13.6 Å². The first-order valence-corrected chi connectivity index (χ1v) is 6.15. The average Bonchev–Trinajstić information content (AvgIpc) is 2.04. The lowest BCUT2D eigenvalue weighted by Crippen LogP contribution is -2.42. The predicted molar refractivity (Wildman–Crippen MR) is 47.8 cm³/mol. The second-order valence-electron chi connectivity index (χ2n) is 3.14. The highest BCUT2D eigenvalue weighted by atomic mass is 28.4. The molecule has 13 heavy (non-hydrogen) atoms. The molecule has 1 saturated heterocycles. The topological polar surface area (TPSA) is 35.5 Å². The molecule has 5 heteroatoms. The van der Waals surface area contributed by atoms with Gasteiger partial charge < -0.3 is 8.85 Å². The third kappa shape index (κ3) is 2.93. The van der Waals surface area contributed by atoms with Crippen LogP contribution in [0.25, 0.3) is 0 Å². The summed E-state index contributed by atoms with van der Waals surface area (Å²) >= 11 is 0. The van der Waals surface area contributed by atoms with Gasteiger partial charge in [-0.15, -0.1) is 0 Å². The molecule has 0 saturated carbocycles. The number of hydrogen-bond donors (Lipinski definition) is 0. The van der Waals surface area contributed by atoms with E-state index in [4.69, 9.17) is 4.43 Å². The molecule has 0 bridgehead atoms. The summed E-state index contributed by atoms with van der Waals surface area (Å²) in [6.07, 6.45) is 1.56. The third-order valence-corrected chi connectivity index (χ3v) is 3.86. The van der Waals surface area contributed by atoms with E-state index in [-0.39, 0.29) is 11.6 Å². The average molecular weight is 204 g/mol. The molecule has 1 aliphatic heterocycles. The molecule has 1 heterocycles. The summed E-state index contributed by atoms with van der Waals surface area (Å²) in [6.45, 7) is 5.22. The van der Waals surface area contributed by atoms with Crippen molar-refractivity contribution in [1.29, 1.82) is 0 Å². The minimum atomic E-state index is -3.67. The molecule has 0 spiro atoms. The Morgan fingerprint density at radius 1 is 1.62 bits per heavy atom. The summed E-state index contributed by atoms with van der Waals surface area (Å²) < 4.78 is 23.1. The highest BCUT2D eigenvalue weighted by Crippen LogP contribution is 2.24. The van der Waals surface area contributed by atoms with E-state index in [9.17, 15) is 8.90 Å². The van der Waals surface area contributed by atoms with Crippen LogP contribution in [-0.4, -0.2) is 21.5 Å². The van der Waals surface area contributed by atoms with Gasteiger partial charge in [0.1, 0.15) is 0 Å². The summed E-state index contributed by atoms with van der Waals surface area (Å²) in [6, 6.07) is 0.242. The standard InChI is InChI=1S/C8H13FO3Si/c1-7(2)8(10)12-13(9)6-4-3-5-11-13/h1,3-6H2,2H3. The van der Waals surface area contributed by atoms with Gasteiger partial charge in [-0.25, -0.2) is 8.90 Å². The summed E-state index contributed by atoms with van der Waals surface area (Å²) in [5.74, 6) is -0.684. The maximum atomic E-state index is 13.6.